The van der Waals surface area contributed by atoms with Gasteiger partial charge in [-0.3, -0.25) is 9.59 Å². The van der Waals surface area contributed by atoms with Gasteiger partial charge in [0.25, 0.3) is 0 Å². The molecule has 0 saturated carbocycles. The van der Waals surface area contributed by atoms with Crippen molar-refractivity contribution in [3.63, 3.8) is 0 Å². The molecule has 1 amide bonds. The molecule has 1 aromatic carbocycles. The predicted octanol–water partition coefficient (Wildman–Crippen LogP) is 3.34. The van der Waals surface area contributed by atoms with E-state index in [9.17, 15) is 9.59 Å². The summed E-state index contributed by atoms with van der Waals surface area (Å²) in [6.45, 7) is 6.66. The third kappa shape index (κ3) is 4.87. The van der Waals surface area contributed by atoms with Crippen LogP contribution in [0.3, 0.4) is 0 Å². The average molecular weight is 280 g/mol. The highest BCUT2D eigenvalue weighted by Gasteiger charge is 2.13. The topological polar surface area (TPSA) is 37.4 Å². The first-order valence-electron chi connectivity index (χ1n) is 6.26. The van der Waals surface area contributed by atoms with E-state index in [1.807, 2.05) is 6.92 Å². The van der Waals surface area contributed by atoms with Crippen LogP contribution in [0.1, 0.15) is 30.1 Å². The molecule has 0 unspecified atom stereocenters. The third-order valence-electron chi connectivity index (χ3n) is 2.82. The predicted molar refractivity (Wildman–Crippen MR) is 77.5 cm³/mol. The van der Waals surface area contributed by atoms with Crippen LogP contribution in [0.15, 0.2) is 36.9 Å². The van der Waals surface area contributed by atoms with Crippen molar-refractivity contribution in [2.24, 2.45) is 0 Å². The fourth-order valence-corrected chi connectivity index (χ4v) is 1.85. The maximum atomic E-state index is 11.9. The molecule has 0 N–H and O–H groups in total. The summed E-state index contributed by atoms with van der Waals surface area (Å²) in [4.78, 5) is 25.4. The number of rotatable bonds is 7. The van der Waals surface area contributed by atoms with Gasteiger partial charge in [-0.25, -0.2) is 0 Å². The van der Waals surface area contributed by atoms with Gasteiger partial charge in [0.15, 0.2) is 5.78 Å². The summed E-state index contributed by atoms with van der Waals surface area (Å²) < 4.78 is 0. The molecule has 3 nitrogen and oxygen atoms in total. The lowest BCUT2D eigenvalue weighted by Gasteiger charge is -2.18. The standard InChI is InChI=1S/C15H18ClNO2/c1-3-11-17(4-2)15(19)10-9-14(18)12-5-7-13(16)8-6-12/h3,5-8H,1,4,9-11H2,2H3. The highest BCUT2D eigenvalue weighted by atomic mass is 35.5. The number of halogens is 1. The van der Waals surface area contributed by atoms with Crippen LogP contribution in [0.5, 0.6) is 0 Å². The normalized spacial score (nSPS) is 10.0. The number of benzene rings is 1. The van der Waals surface area contributed by atoms with E-state index < -0.39 is 0 Å². The van der Waals surface area contributed by atoms with Crippen LogP contribution < -0.4 is 0 Å². The number of hydrogen-bond donors (Lipinski definition) is 0. The number of Topliss-reactive ketones (excluding diaryl/α,β-unsaturated/α-hetero) is 1. The van der Waals surface area contributed by atoms with Crippen molar-refractivity contribution >= 4 is 23.3 Å². The summed E-state index contributed by atoms with van der Waals surface area (Å²) in [6, 6.07) is 6.70. The van der Waals surface area contributed by atoms with E-state index in [-0.39, 0.29) is 24.5 Å². The zero-order valence-corrected chi connectivity index (χ0v) is 11.8. The van der Waals surface area contributed by atoms with E-state index in [1.54, 1.807) is 35.2 Å². The number of hydrogen-bond acceptors (Lipinski definition) is 2. The minimum atomic E-state index is -0.0420. The molecule has 1 rings (SSSR count). The average Bonchev–Trinajstić information content (AvgIpc) is 2.42. The lowest BCUT2D eigenvalue weighted by Crippen LogP contribution is -2.31. The molecule has 0 aromatic heterocycles. The van der Waals surface area contributed by atoms with E-state index in [4.69, 9.17) is 11.6 Å². The SMILES string of the molecule is C=CCN(CC)C(=O)CCC(=O)c1ccc(Cl)cc1. The molecule has 0 spiro atoms. The molecule has 0 bridgehead atoms. The monoisotopic (exact) mass is 279 g/mol. The Morgan fingerprint density at radius 2 is 1.89 bits per heavy atom. The summed E-state index contributed by atoms with van der Waals surface area (Å²) in [5.74, 6) is -0.0654. The number of ketones is 1. The van der Waals surface area contributed by atoms with Crippen LogP contribution >= 0.6 is 11.6 Å². The fourth-order valence-electron chi connectivity index (χ4n) is 1.72. The zero-order chi connectivity index (χ0) is 14.3. The molecule has 102 valence electrons. The second kappa shape index (κ2) is 7.74. The Balaban J connectivity index is 2.52. The molecular weight excluding hydrogens is 262 g/mol. The van der Waals surface area contributed by atoms with Crippen molar-refractivity contribution in [3.05, 3.63) is 47.5 Å². The second-order valence-corrected chi connectivity index (χ2v) is 4.59. The van der Waals surface area contributed by atoms with Crippen molar-refractivity contribution in [2.45, 2.75) is 19.8 Å². The molecular formula is C15H18ClNO2. The number of likely N-dealkylation sites (N-methyl/N-ethyl adjacent to an activating group) is 1. The van der Waals surface area contributed by atoms with Gasteiger partial charge in [0.2, 0.25) is 5.91 Å². The van der Waals surface area contributed by atoms with Crippen molar-refractivity contribution in [3.8, 4) is 0 Å². The lowest BCUT2D eigenvalue weighted by molar-refractivity contribution is -0.130. The molecule has 0 atom stereocenters. The van der Waals surface area contributed by atoms with Gasteiger partial charge >= 0.3 is 0 Å². The number of carbonyl (C=O) groups excluding carboxylic acids is 2. The van der Waals surface area contributed by atoms with Crippen LogP contribution in [-0.4, -0.2) is 29.7 Å². The number of carbonyl (C=O) groups is 2. The van der Waals surface area contributed by atoms with Gasteiger partial charge in [-0.2, -0.15) is 0 Å². The van der Waals surface area contributed by atoms with Gasteiger partial charge in [0.05, 0.1) is 0 Å². The Kier molecular flexibility index (Phi) is 6.30. The summed E-state index contributed by atoms with van der Waals surface area (Å²) in [7, 11) is 0. The van der Waals surface area contributed by atoms with Crippen LogP contribution in [0, 0.1) is 0 Å². The van der Waals surface area contributed by atoms with Crippen LogP contribution in [0.4, 0.5) is 0 Å². The molecule has 19 heavy (non-hydrogen) atoms. The van der Waals surface area contributed by atoms with Crippen molar-refractivity contribution in [2.75, 3.05) is 13.1 Å². The van der Waals surface area contributed by atoms with Crippen molar-refractivity contribution in [1.29, 1.82) is 0 Å². The molecule has 0 aliphatic heterocycles. The first kappa shape index (κ1) is 15.4. The summed E-state index contributed by atoms with van der Waals surface area (Å²) in [5.41, 5.74) is 0.587. The molecule has 1 aromatic rings. The van der Waals surface area contributed by atoms with Crippen LogP contribution in [0.25, 0.3) is 0 Å². The van der Waals surface area contributed by atoms with E-state index in [0.29, 0.717) is 23.7 Å². The molecule has 0 saturated heterocycles. The first-order valence-corrected chi connectivity index (χ1v) is 6.63. The fraction of sp³-hybridized carbons (Fsp3) is 0.333. The van der Waals surface area contributed by atoms with E-state index in [2.05, 4.69) is 6.58 Å². The first-order chi connectivity index (χ1) is 9.08. The molecule has 0 heterocycles. The van der Waals surface area contributed by atoms with E-state index in [1.165, 1.54) is 0 Å². The Labute approximate surface area is 118 Å². The summed E-state index contributed by atoms with van der Waals surface area (Å²) >= 11 is 5.76. The lowest BCUT2D eigenvalue weighted by atomic mass is 10.1. The Morgan fingerprint density at radius 3 is 2.42 bits per heavy atom. The zero-order valence-electron chi connectivity index (χ0n) is 11.1. The Morgan fingerprint density at radius 1 is 1.26 bits per heavy atom. The van der Waals surface area contributed by atoms with Gasteiger partial charge in [-0.15, -0.1) is 6.58 Å². The highest BCUT2D eigenvalue weighted by Crippen LogP contribution is 2.12. The second-order valence-electron chi connectivity index (χ2n) is 4.15. The number of nitrogens with zero attached hydrogens (tertiary/aromatic N) is 1. The molecule has 0 aliphatic carbocycles. The molecule has 0 radical (unpaired) electrons. The maximum Gasteiger partial charge on any atom is 0.223 e. The van der Waals surface area contributed by atoms with Gasteiger partial charge < -0.3 is 4.90 Å². The molecule has 4 heteroatoms. The van der Waals surface area contributed by atoms with Gasteiger partial charge in [0, 0.05) is 36.5 Å². The maximum absolute atomic E-state index is 11.9. The van der Waals surface area contributed by atoms with E-state index in [0.717, 1.165) is 0 Å². The minimum Gasteiger partial charge on any atom is -0.339 e. The smallest absolute Gasteiger partial charge is 0.223 e. The van der Waals surface area contributed by atoms with Gasteiger partial charge in [-0.1, -0.05) is 17.7 Å². The largest absolute Gasteiger partial charge is 0.339 e. The van der Waals surface area contributed by atoms with Crippen molar-refractivity contribution < 1.29 is 9.59 Å². The van der Waals surface area contributed by atoms with Crippen LogP contribution in [-0.2, 0) is 4.79 Å². The quantitative estimate of drug-likeness (QED) is 0.567. The molecule has 0 fully saturated rings. The molecule has 0 aliphatic rings. The summed E-state index contributed by atoms with van der Waals surface area (Å²) in [5, 5.41) is 0.593. The minimum absolute atomic E-state index is 0.0234. The van der Waals surface area contributed by atoms with E-state index >= 15 is 0 Å². The summed E-state index contributed by atoms with van der Waals surface area (Å²) in [6.07, 6.45) is 2.12. The van der Waals surface area contributed by atoms with Gasteiger partial charge in [0.1, 0.15) is 0 Å². The Bertz CT molecular complexity index is 454. The Hall–Kier alpha value is -1.61. The highest BCUT2D eigenvalue weighted by molar-refractivity contribution is 6.30. The van der Waals surface area contributed by atoms with Gasteiger partial charge in [-0.05, 0) is 31.2 Å². The number of amides is 1. The van der Waals surface area contributed by atoms with Crippen molar-refractivity contribution in [1.82, 2.24) is 4.90 Å². The third-order valence-corrected chi connectivity index (χ3v) is 3.07. The van der Waals surface area contributed by atoms with Crippen LogP contribution in [0.2, 0.25) is 5.02 Å².